The van der Waals surface area contributed by atoms with E-state index in [-0.39, 0.29) is 0 Å². The molecule has 0 atom stereocenters. The molecular weight excluding hydrogens is 288 g/mol. The zero-order chi connectivity index (χ0) is 14.6. The summed E-state index contributed by atoms with van der Waals surface area (Å²) in [4.78, 5) is 0. The van der Waals surface area contributed by atoms with E-state index in [9.17, 15) is 8.42 Å². The fourth-order valence-corrected chi connectivity index (χ4v) is 2.95. The Balaban J connectivity index is 2.46. The summed E-state index contributed by atoms with van der Waals surface area (Å²) >= 11 is 5.90. The standard InChI is InChI=1S/C11H17BClNO4S/c1-10(2)11(3,4)18-12(17-10)9-6-8(13)7-14(9)19(5,15)16/h6-7H,1-5H3. The molecule has 0 N–H and O–H groups in total. The molecule has 8 heteroatoms. The summed E-state index contributed by atoms with van der Waals surface area (Å²) in [6, 6.07) is 1.55. The van der Waals surface area contributed by atoms with Crippen molar-refractivity contribution in [2.24, 2.45) is 0 Å². The number of rotatable bonds is 2. The third-order valence-electron chi connectivity index (χ3n) is 3.63. The van der Waals surface area contributed by atoms with Gasteiger partial charge in [0.1, 0.15) is 0 Å². The first-order valence-corrected chi connectivity index (χ1v) is 8.11. The molecule has 1 fully saturated rings. The molecule has 0 aromatic carbocycles. The van der Waals surface area contributed by atoms with Crippen LogP contribution in [0.15, 0.2) is 12.3 Å². The highest BCUT2D eigenvalue weighted by Crippen LogP contribution is 2.36. The van der Waals surface area contributed by atoms with Crippen LogP contribution in [0.4, 0.5) is 0 Å². The summed E-state index contributed by atoms with van der Waals surface area (Å²) in [5, 5.41) is 0.329. The van der Waals surface area contributed by atoms with E-state index in [4.69, 9.17) is 20.9 Å². The van der Waals surface area contributed by atoms with E-state index in [0.717, 1.165) is 10.2 Å². The van der Waals surface area contributed by atoms with Crippen molar-refractivity contribution in [2.75, 3.05) is 6.26 Å². The van der Waals surface area contributed by atoms with Crippen molar-refractivity contribution in [3.63, 3.8) is 0 Å². The predicted octanol–water partition coefficient (Wildman–Crippen LogP) is 1.25. The number of hydrogen-bond donors (Lipinski definition) is 0. The maximum Gasteiger partial charge on any atom is 0.513 e. The normalized spacial score (nSPS) is 21.9. The molecule has 0 radical (unpaired) electrons. The molecule has 0 unspecified atom stereocenters. The SMILES string of the molecule is CC1(C)OB(c2cc(Cl)cn2S(C)(=O)=O)OC1(C)C. The molecule has 0 spiro atoms. The van der Waals surface area contributed by atoms with Gasteiger partial charge >= 0.3 is 7.12 Å². The van der Waals surface area contributed by atoms with Crippen LogP contribution in [-0.2, 0) is 19.3 Å². The van der Waals surface area contributed by atoms with Crippen LogP contribution in [0.3, 0.4) is 0 Å². The van der Waals surface area contributed by atoms with Crippen molar-refractivity contribution >= 4 is 34.3 Å². The average molecular weight is 306 g/mol. The molecule has 5 nitrogen and oxygen atoms in total. The topological polar surface area (TPSA) is 57.5 Å². The van der Waals surface area contributed by atoms with E-state index in [1.54, 1.807) is 6.07 Å². The molecule has 1 aromatic rings. The van der Waals surface area contributed by atoms with Crippen molar-refractivity contribution in [3.8, 4) is 0 Å². The van der Waals surface area contributed by atoms with Gasteiger partial charge in [-0.1, -0.05) is 11.6 Å². The van der Waals surface area contributed by atoms with Gasteiger partial charge in [-0.25, -0.2) is 8.42 Å². The van der Waals surface area contributed by atoms with Gasteiger partial charge < -0.3 is 9.31 Å². The van der Waals surface area contributed by atoms with E-state index in [2.05, 4.69) is 0 Å². The maximum atomic E-state index is 11.7. The second-order valence-electron chi connectivity index (χ2n) is 5.73. The van der Waals surface area contributed by atoms with Crippen LogP contribution in [0.2, 0.25) is 5.02 Å². The van der Waals surface area contributed by atoms with E-state index < -0.39 is 28.3 Å². The van der Waals surface area contributed by atoms with E-state index in [1.807, 2.05) is 27.7 Å². The summed E-state index contributed by atoms with van der Waals surface area (Å²) in [5.41, 5.74) is -0.681. The second-order valence-corrected chi connectivity index (χ2v) is 8.03. The van der Waals surface area contributed by atoms with Gasteiger partial charge in [-0.2, -0.15) is 0 Å². The smallest absolute Gasteiger partial charge is 0.398 e. The lowest BCUT2D eigenvalue weighted by molar-refractivity contribution is 0.00578. The number of aromatic nitrogens is 1. The van der Waals surface area contributed by atoms with Crippen LogP contribution in [-0.4, -0.2) is 37.0 Å². The zero-order valence-electron chi connectivity index (χ0n) is 11.6. The molecule has 1 aliphatic heterocycles. The average Bonchev–Trinajstić information content (AvgIpc) is 2.65. The van der Waals surface area contributed by atoms with Crippen molar-refractivity contribution in [2.45, 2.75) is 38.9 Å². The molecule has 0 bridgehead atoms. The monoisotopic (exact) mass is 305 g/mol. The van der Waals surface area contributed by atoms with Gasteiger partial charge in [0, 0.05) is 6.20 Å². The van der Waals surface area contributed by atoms with Crippen molar-refractivity contribution in [3.05, 3.63) is 17.3 Å². The van der Waals surface area contributed by atoms with Crippen LogP contribution in [0.25, 0.3) is 0 Å². The Morgan fingerprint density at radius 3 is 2.11 bits per heavy atom. The minimum Gasteiger partial charge on any atom is -0.398 e. The largest absolute Gasteiger partial charge is 0.513 e. The Bertz CT molecular complexity index is 592. The molecule has 0 saturated carbocycles. The number of hydrogen-bond acceptors (Lipinski definition) is 4. The van der Waals surface area contributed by atoms with Gasteiger partial charge in [0.15, 0.2) is 0 Å². The van der Waals surface area contributed by atoms with Gasteiger partial charge in [0.2, 0.25) is 10.0 Å². The first-order chi connectivity index (χ1) is 8.44. The molecule has 1 aliphatic rings. The van der Waals surface area contributed by atoms with Crippen LogP contribution in [0, 0.1) is 0 Å². The highest BCUT2D eigenvalue weighted by molar-refractivity contribution is 7.89. The van der Waals surface area contributed by atoms with Crippen molar-refractivity contribution in [1.82, 2.24) is 3.97 Å². The number of nitrogens with zero attached hydrogens (tertiary/aromatic N) is 1. The molecule has 2 heterocycles. The van der Waals surface area contributed by atoms with Crippen LogP contribution >= 0.6 is 11.6 Å². The summed E-state index contributed by atoms with van der Waals surface area (Å²) in [7, 11) is -4.21. The zero-order valence-corrected chi connectivity index (χ0v) is 13.2. The minimum atomic E-state index is -3.45. The van der Waals surface area contributed by atoms with Crippen LogP contribution < -0.4 is 5.59 Å². The first kappa shape index (κ1) is 14.9. The summed E-state index contributed by atoms with van der Waals surface area (Å²) in [5.74, 6) is 0. The Hall–Kier alpha value is -0.495. The van der Waals surface area contributed by atoms with Crippen LogP contribution in [0.1, 0.15) is 27.7 Å². The predicted molar refractivity (Wildman–Crippen MR) is 75.4 cm³/mol. The molecule has 0 aliphatic carbocycles. The minimum absolute atomic E-state index is 0.329. The fourth-order valence-electron chi connectivity index (χ4n) is 1.85. The van der Waals surface area contributed by atoms with Gasteiger partial charge in [-0.15, -0.1) is 0 Å². The van der Waals surface area contributed by atoms with Crippen molar-refractivity contribution < 1.29 is 17.7 Å². The molecular formula is C11H17BClNO4S. The Morgan fingerprint density at radius 2 is 1.68 bits per heavy atom. The molecule has 2 rings (SSSR count). The summed E-state index contributed by atoms with van der Waals surface area (Å²) in [6.45, 7) is 7.62. The third kappa shape index (κ3) is 2.56. The van der Waals surface area contributed by atoms with Gasteiger partial charge in [0.05, 0.1) is 28.1 Å². The molecule has 1 aromatic heterocycles. The lowest BCUT2D eigenvalue weighted by atomic mass is 9.85. The molecule has 1 saturated heterocycles. The van der Waals surface area contributed by atoms with Gasteiger partial charge in [0.25, 0.3) is 0 Å². The quantitative estimate of drug-likeness (QED) is 0.772. The maximum absolute atomic E-state index is 11.7. The summed E-state index contributed by atoms with van der Waals surface area (Å²) in [6.07, 6.45) is 2.45. The van der Waals surface area contributed by atoms with Crippen LogP contribution in [0.5, 0.6) is 0 Å². The highest BCUT2D eigenvalue weighted by atomic mass is 35.5. The van der Waals surface area contributed by atoms with E-state index >= 15 is 0 Å². The first-order valence-electron chi connectivity index (χ1n) is 5.88. The lowest BCUT2D eigenvalue weighted by Gasteiger charge is -2.32. The van der Waals surface area contributed by atoms with E-state index in [1.165, 1.54) is 6.20 Å². The number of halogens is 1. The Morgan fingerprint density at radius 1 is 1.21 bits per heavy atom. The molecule has 106 valence electrons. The lowest BCUT2D eigenvalue weighted by Crippen LogP contribution is -2.41. The van der Waals surface area contributed by atoms with Gasteiger partial charge in [-0.05, 0) is 33.8 Å². The van der Waals surface area contributed by atoms with E-state index in [0.29, 0.717) is 10.6 Å². The molecule has 19 heavy (non-hydrogen) atoms. The van der Waals surface area contributed by atoms with Crippen molar-refractivity contribution in [1.29, 1.82) is 0 Å². The second kappa shape index (κ2) is 4.25. The Labute approximate surface area is 119 Å². The van der Waals surface area contributed by atoms with Gasteiger partial charge in [-0.3, -0.25) is 3.97 Å². The highest BCUT2D eigenvalue weighted by Gasteiger charge is 2.53. The Kier molecular flexibility index (Phi) is 3.33. The third-order valence-corrected chi connectivity index (χ3v) is 4.87. The summed E-state index contributed by atoms with van der Waals surface area (Å²) < 4.78 is 36.2. The fraction of sp³-hybridized carbons (Fsp3) is 0.636. The molecule has 0 amide bonds.